The highest BCUT2D eigenvalue weighted by atomic mass is 16.5. The van der Waals surface area contributed by atoms with E-state index in [1.165, 1.54) is 12.8 Å². The highest BCUT2D eigenvalue weighted by Gasteiger charge is 2.43. The first-order valence-corrected chi connectivity index (χ1v) is 10.2. The third-order valence-electron chi connectivity index (χ3n) is 5.38. The summed E-state index contributed by atoms with van der Waals surface area (Å²) in [4.78, 5) is 16.4. The summed E-state index contributed by atoms with van der Waals surface area (Å²) in [6.07, 6.45) is 5.52. The number of aliphatic imine (C=N–C) groups is 1. The van der Waals surface area contributed by atoms with Gasteiger partial charge in [-0.2, -0.15) is 0 Å². The Labute approximate surface area is 167 Å². The molecule has 1 amide bonds. The van der Waals surface area contributed by atoms with Crippen LogP contribution < -0.4 is 20.7 Å². The number of carbonyl (C=O) groups is 1. The minimum atomic E-state index is -0.117. The average Bonchev–Trinajstić information content (AvgIpc) is 3.14. The lowest BCUT2D eigenvalue weighted by Crippen LogP contribution is -2.47. The first kappa shape index (κ1) is 20.5. The van der Waals surface area contributed by atoms with Crippen molar-refractivity contribution >= 4 is 11.9 Å². The van der Waals surface area contributed by atoms with Crippen molar-refractivity contribution in [3.8, 4) is 5.75 Å². The standard InChI is InChI=1S/C21H32N4O3/c1-3-22-20(24-15-19(26)23-12-13-27-2)25-17-14-21(10-6-7-11-21)28-18-9-5-4-8-16(17)18/h4-5,8-9,17H,3,6-7,10-15H2,1-2H3,(H,23,26)(H2,22,24,25). The molecule has 1 unspecified atom stereocenters. The molecule has 154 valence electrons. The molecule has 1 aromatic rings. The van der Waals surface area contributed by atoms with E-state index in [9.17, 15) is 4.79 Å². The van der Waals surface area contributed by atoms with E-state index in [0.717, 1.165) is 37.1 Å². The second-order valence-electron chi connectivity index (χ2n) is 7.47. The van der Waals surface area contributed by atoms with Gasteiger partial charge >= 0.3 is 0 Å². The van der Waals surface area contributed by atoms with Crippen LogP contribution in [-0.2, 0) is 9.53 Å². The average molecular weight is 389 g/mol. The molecule has 1 aromatic carbocycles. The van der Waals surface area contributed by atoms with E-state index >= 15 is 0 Å². The number of rotatable bonds is 7. The van der Waals surface area contributed by atoms with Gasteiger partial charge in [-0.3, -0.25) is 4.79 Å². The fourth-order valence-corrected chi connectivity index (χ4v) is 4.06. The van der Waals surface area contributed by atoms with Gasteiger partial charge in [0.2, 0.25) is 5.91 Å². The van der Waals surface area contributed by atoms with Gasteiger partial charge in [-0.15, -0.1) is 0 Å². The van der Waals surface area contributed by atoms with Gasteiger partial charge in [-0.25, -0.2) is 4.99 Å². The van der Waals surface area contributed by atoms with E-state index < -0.39 is 0 Å². The minimum absolute atomic E-state index is 0.0784. The van der Waals surface area contributed by atoms with Gasteiger partial charge in [-0.05, 0) is 38.7 Å². The van der Waals surface area contributed by atoms with Gasteiger partial charge in [-0.1, -0.05) is 18.2 Å². The molecule has 1 spiro atoms. The van der Waals surface area contributed by atoms with Crippen molar-refractivity contribution in [3.63, 3.8) is 0 Å². The summed E-state index contributed by atoms with van der Waals surface area (Å²) >= 11 is 0. The summed E-state index contributed by atoms with van der Waals surface area (Å²) in [6, 6.07) is 8.33. The lowest BCUT2D eigenvalue weighted by Gasteiger charge is -2.40. The molecule has 1 aliphatic heterocycles. The first-order chi connectivity index (χ1) is 13.7. The zero-order valence-electron chi connectivity index (χ0n) is 16.9. The van der Waals surface area contributed by atoms with Crippen LogP contribution in [0.5, 0.6) is 5.75 Å². The Morgan fingerprint density at radius 2 is 2.07 bits per heavy atom. The van der Waals surface area contributed by atoms with Gasteiger partial charge < -0.3 is 25.4 Å². The van der Waals surface area contributed by atoms with Gasteiger partial charge in [0.25, 0.3) is 0 Å². The van der Waals surface area contributed by atoms with Crippen molar-refractivity contribution in [2.24, 2.45) is 4.99 Å². The molecule has 7 heteroatoms. The number of methoxy groups -OCH3 is 1. The molecular weight excluding hydrogens is 356 g/mol. The molecule has 3 N–H and O–H groups in total. The number of nitrogens with zero attached hydrogens (tertiary/aromatic N) is 1. The van der Waals surface area contributed by atoms with Crippen molar-refractivity contribution < 1.29 is 14.3 Å². The third kappa shape index (κ3) is 5.16. The Morgan fingerprint density at radius 1 is 1.29 bits per heavy atom. The highest BCUT2D eigenvalue weighted by molar-refractivity contribution is 5.85. The predicted octanol–water partition coefficient (Wildman–Crippen LogP) is 2.14. The Kier molecular flexibility index (Phi) is 7.14. The molecule has 0 bridgehead atoms. The number of carbonyl (C=O) groups excluding carboxylic acids is 1. The fourth-order valence-electron chi connectivity index (χ4n) is 4.06. The predicted molar refractivity (Wildman–Crippen MR) is 110 cm³/mol. The maximum atomic E-state index is 12.0. The number of para-hydroxylation sites is 1. The van der Waals surface area contributed by atoms with Crippen LogP contribution >= 0.6 is 0 Å². The quantitative estimate of drug-likeness (QED) is 0.379. The van der Waals surface area contributed by atoms with Crippen LogP contribution in [0.4, 0.5) is 0 Å². The van der Waals surface area contributed by atoms with Crippen LogP contribution in [0.3, 0.4) is 0 Å². The third-order valence-corrected chi connectivity index (χ3v) is 5.38. The zero-order chi connectivity index (χ0) is 19.8. The Balaban J connectivity index is 1.70. The van der Waals surface area contributed by atoms with Crippen molar-refractivity contribution in [2.45, 2.75) is 50.7 Å². The minimum Gasteiger partial charge on any atom is -0.487 e. The smallest absolute Gasteiger partial charge is 0.241 e. The first-order valence-electron chi connectivity index (χ1n) is 10.2. The molecule has 2 aliphatic rings. The Hall–Kier alpha value is -2.28. The van der Waals surface area contributed by atoms with Crippen LogP contribution in [0.1, 0.15) is 50.6 Å². The van der Waals surface area contributed by atoms with E-state index in [4.69, 9.17) is 9.47 Å². The molecule has 1 atom stereocenters. The molecule has 1 heterocycles. The number of guanidine groups is 1. The summed E-state index contributed by atoms with van der Waals surface area (Å²) in [7, 11) is 1.61. The van der Waals surface area contributed by atoms with Crippen molar-refractivity contribution in [1.82, 2.24) is 16.0 Å². The normalized spacial score (nSPS) is 20.4. The van der Waals surface area contributed by atoms with Crippen LogP contribution in [0.2, 0.25) is 0 Å². The molecule has 0 radical (unpaired) electrons. The number of hydrogen-bond acceptors (Lipinski definition) is 4. The lowest BCUT2D eigenvalue weighted by molar-refractivity contribution is -0.119. The SMILES string of the molecule is CCNC(=NCC(=O)NCCOC)NC1CC2(CCCC2)Oc2ccccc21. The molecule has 3 rings (SSSR count). The molecule has 7 nitrogen and oxygen atoms in total. The summed E-state index contributed by atoms with van der Waals surface area (Å²) < 4.78 is 11.4. The van der Waals surface area contributed by atoms with E-state index in [1.54, 1.807) is 7.11 Å². The van der Waals surface area contributed by atoms with E-state index in [2.05, 4.69) is 33.1 Å². The van der Waals surface area contributed by atoms with Crippen LogP contribution in [-0.4, -0.2) is 50.8 Å². The zero-order valence-corrected chi connectivity index (χ0v) is 16.9. The second kappa shape index (κ2) is 9.78. The second-order valence-corrected chi connectivity index (χ2v) is 7.47. The number of ether oxygens (including phenoxy) is 2. The molecule has 0 aromatic heterocycles. The number of benzene rings is 1. The van der Waals surface area contributed by atoms with Crippen LogP contribution in [0, 0.1) is 0 Å². The van der Waals surface area contributed by atoms with Crippen molar-refractivity contribution in [1.29, 1.82) is 0 Å². The molecule has 1 fully saturated rings. The summed E-state index contributed by atoms with van der Waals surface area (Å²) in [5.41, 5.74) is 1.07. The molecule has 1 saturated carbocycles. The molecule has 0 saturated heterocycles. The molecular formula is C21H32N4O3. The Bertz CT molecular complexity index is 686. The van der Waals surface area contributed by atoms with E-state index in [1.807, 2.05) is 19.1 Å². The topological polar surface area (TPSA) is 84.0 Å². The van der Waals surface area contributed by atoms with Crippen molar-refractivity contribution in [2.75, 3.05) is 33.4 Å². The van der Waals surface area contributed by atoms with E-state index in [0.29, 0.717) is 19.1 Å². The maximum Gasteiger partial charge on any atom is 0.241 e. The molecule has 1 aliphatic carbocycles. The van der Waals surface area contributed by atoms with Gasteiger partial charge in [0.15, 0.2) is 5.96 Å². The Morgan fingerprint density at radius 3 is 2.82 bits per heavy atom. The van der Waals surface area contributed by atoms with E-state index in [-0.39, 0.29) is 24.1 Å². The highest BCUT2D eigenvalue weighted by Crippen LogP contribution is 2.46. The molecule has 28 heavy (non-hydrogen) atoms. The number of nitrogens with one attached hydrogen (secondary N) is 3. The number of fused-ring (bicyclic) bond motifs is 1. The van der Waals surface area contributed by atoms with Crippen LogP contribution in [0.15, 0.2) is 29.3 Å². The van der Waals surface area contributed by atoms with Crippen LogP contribution in [0.25, 0.3) is 0 Å². The number of amides is 1. The summed E-state index contributed by atoms with van der Waals surface area (Å²) in [5.74, 6) is 1.49. The number of hydrogen-bond donors (Lipinski definition) is 3. The van der Waals surface area contributed by atoms with Crippen molar-refractivity contribution in [3.05, 3.63) is 29.8 Å². The summed E-state index contributed by atoms with van der Waals surface area (Å²) in [5, 5.41) is 9.59. The van der Waals surface area contributed by atoms with Gasteiger partial charge in [0.1, 0.15) is 17.9 Å². The lowest BCUT2D eigenvalue weighted by atomic mass is 9.86. The summed E-state index contributed by atoms with van der Waals surface area (Å²) in [6.45, 7) is 3.81. The monoisotopic (exact) mass is 388 g/mol. The maximum absolute atomic E-state index is 12.0. The van der Waals surface area contributed by atoms with Gasteiger partial charge in [0, 0.05) is 32.2 Å². The van der Waals surface area contributed by atoms with Gasteiger partial charge in [0.05, 0.1) is 12.6 Å². The largest absolute Gasteiger partial charge is 0.487 e. The fraction of sp³-hybridized carbons (Fsp3) is 0.619.